The van der Waals surface area contributed by atoms with Gasteiger partial charge in [-0.2, -0.15) is 0 Å². The topological polar surface area (TPSA) is 83.5 Å². The fourth-order valence-corrected chi connectivity index (χ4v) is 2.72. The molecule has 2 aromatic carbocycles. The fraction of sp³-hybridized carbons (Fsp3) is 0.0714. The van der Waals surface area contributed by atoms with Crippen molar-refractivity contribution in [2.45, 2.75) is 0 Å². The van der Waals surface area contributed by atoms with Crippen LogP contribution in [0.25, 0.3) is 11.1 Å². The molecule has 0 spiro atoms. The highest BCUT2D eigenvalue weighted by atomic mass is 32.2. The van der Waals surface area contributed by atoms with Crippen LogP contribution < -0.4 is 4.72 Å². The number of para-hydroxylation sites is 1. The molecule has 0 unspecified atom stereocenters. The van der Waals surface area contributed by atoms with Crippen molar-refractivity contribution in [3.8, 4) is 11.1 Å². The van der Waals surface area contributed by atoms with E-state index in [0.29, 0.717) is 11.3 Å². The maximum Gasteiger partial charge on any atom is 0.320 e. The Kier molecular flexibility index (Phi) is 4.05. The highest BCUT2D eigenvalue weighted by Gasteiger charge is 2.17. The lowest BCUT2D eigenvalue weighted by molar-refractivity contribution is -0.134. The first-order chi connectivity index (χ1) is 9.48. The molecule has 0 fully saturated rings. The summed E-state index contributed by atoms with van der Waals surface area (Å²) >= 11 is 0. The third kappa shape index (κ3) is 3.58. The van der Waals surface area contributed by atoms with Gasteiger partial charge in [-0.15, -0.1) is 0 Å². The largest absolute Gasteiger partial charge is 0.480 e. The van der Waals surface area contributed by atoms with E-state index in [1.54, 1.807) is 24.3 Å². The number of carboxylic acids is 1. The van der Waals surface area contributed by atoms with Crippen LogP contribution in [0.5, 0.6) is 0 Å². The number of hydrogen-bond acceptors (Lipinski definition) is 3. The molecule has 0 saturated heterocycles. The Balaban J connectivity index is 2.37. The third-order valence-corrected chi connectivity index (χ3v) is 3.75. The second-order valence-corrected chi connectivity index (χ2v) is 5.89. The molecule has 0 aromatic heterocycles. The predicted molar refractivity (Wildman–Crippen MR) is 76.9 cm³/mol. The van der Waals surface area contributed by atoms with Gasteiger partial charge in [0.15, 0.2) is 5.75 Å². The summed E-state index contributed by atoms with van der Waals surface area (Å²) in [7, 11) is -3.91. The quantitative estimate of drug-likeness (QED) is 0.884. The molecule has 0 aliphatic carbocycles. The van der Waals surface area contributed by atoms with Gasteiger partial charge < -0.3 is 5.11 Å². The average Bonchev–Trinajstić information content (AvgIpc) is 2.38. The molecular weight excluding hydrogens is 278 g/mol. The average molecular weight is 291 g/mol. The van der Waals surface area contributed by atoms with Crippen molar-refractivity contribution in [2.24, 2.45) is 0 Å². The standard InChI is InChI=1S/C14H13NO4S/c16-14(17)10-20(18,19)15-13-9-5-4-8-12(13)11-6-2-1-3-7-11/h1-9,15H,10H2,(H,16,17). The number of carbonyl (C=O) groups is 1. The molecule has 2 rings (SSSR count). The fourth-order valence-electron chi connectivity index (χ4n) is 1.81. The number of carboxylic acid groups (broad SMARTS) is 1. The number of aliphatic carboxylic acids is 1. The Labute approximate surface area is 116 Å². The smallest absolute Gasteiger partial charge is 0.320 e. The zero-order valence-electron chi connectivity index (χ0n) is 10.5. The molecule has 2 aromatic rings. The Bertz CT molecular complexity index is 711. The molecule has 5 nitrogen and oxygen atoms in total. The van der Waals surface area contributed by atoms with E-state index in [0.717, 1.165) is 5.56 Å². The molecule has 0 radical (unpaired) electrons. The van der Waals surface area contributed by atoms with E-state index in [2.05, 4.69) is 4.72 Å². The summed E-state index contributed by atoms with van der Waals surface area (Å²) in [5.74, 6) is -2.36. The molecule has 0 aliphatic rings. The van der Waals surface area contributed by atoms with Gasteiger partial charge in [0.25, 0.3) is 0 Å². The normalized spacial score (nSPS) is 11.0. The molecular formula is C14H13NO4S. The number of nitrogens with one attached hydrogen (secondary N) is 1. The molecule has 6 heteroatoms. The van der Waals surface area contributed by atoms with Crippen molar-refractivity contribution in [3.63, 3.8) is 0 Å². The van der Waals surface area contributed by atoms with E-state index in [1.807, 2.05) is 30.3 Å². The Morgan fingerprint density at radius 1 is 1.00 bits per heavy atom. The predicted octanol–water partition coefficient (Wildman–Crippen LogP) is 2.18. The first kappa shape index (κ1) is 14.1. The Morgan fingerprint density at radius 2 is 1.60 bits per heavy atom. The maximum atomic E-state index is 11.7. The van der Waals surface area contributed by atoms with Crippen LogP contribution in [-0.4, -0.2) is 25.2 Å². The van der Waals surface area contributed by atoms with Crippen LogP contribution in [0.2, 0.25) is 0 Å². The lowest BCUT2D eigenvalue weighted by atomic mass is 10.0. The van der Waals surface area contributed by atoms with Crippen LogP contribution in [0.3, 0.4) is 0 Å². The van der Waals surface area contributed by atoms with Gasteiger partial charge >= 0.3 is 5.97 Å². The van der Waals surface area contributed by atoms with Crippen molar-refractivity contribution in [1.82, 2.24) is 0 Å². The monoisotopic (exact) mass is 291 g/mol. The first-order valence-electron chi connectivity index (χ1n) is 5.85. The first-order valence-corrected chi connectivity index (χ1v) is 7.50. The van der Waals surface area contributed by atoms with E-state index in [1.165, 1.54) is 0 Å². The zero-order valence-corrected chi connectivity index (χ0v) is 11.3. The molecule has 0 saturated carbocycles. The summed E-state index contributed by atoms with van der Waals surface area (Å²) in [4.78, 5) is 10.5. The SMILES string of the molecule is O=C(O)CS(=O)(=O)Nc1ccccc1-c1ccccc1. The van der Waals surface area contributed by atoms with Crippen molar-refractivity contribution in [1.29, 1.82) is 0 Å². The highest BCUT2D eigenvalue weighted by molar-refractivity contribution is 7.93. The summed E-state index contributed by atoms with van der Waals surface area (Å²) < 4.78 is 25.7. The van der Waals surface area contributed by atoms with Crippen LogP contribution in [-0.2, 0) is 14.8 Å². The van der Waals surface area contributed by atoms with Gasteiger partial charge in [0.1, 0.15) is 0 Å². The van der Waals surface area contributed by atoms with E-state index in [4.69, 9.17) is 5.11 Å². The minimum absolute atomic E-state index is 0.361. The van der Waals surface area contributed by atoms with E-state index >= 15 is 0 Å². The van der Waals surface area contributed by atoms with Crippen LogP contribution in [0.15, 0.2) is 54.6 Å². The Hall–Kier alpha value is -2.34. The van der Waals surface area contributed by atoms with Crippen molar-refractivity contribution < 1.29 is 18.3 Å². The summed E-state index contributed by atoms with van der Waals surface area (Å²) in [6.45, 7) is 0. The van der Waals surface area contributed by atoms with Gasteiger partial charge in [0.05, 0.1) is 5.69 Å². The molecule has 0 amide bonds. The second kappa shape index (κ2) is 5.75. The van der Waals surface area contributed by atoms with Crippen molar-refractivity contribution in [2.75, 3.05) is 10.5 Å². The summed E-state index contributed by atoms with van der Waals surface area (Å²) in [6, 6.07) is 16.1. The number of sulfonamides is 1. The van der Waals surface area contributed by atoms with Crippen molar-refractivity contribution in [3.05, 3.63) is 54.6 Å². The minimum atomic E-state index is -3.91. The number of rotatable bonds is 5. The van der Waals surface area contributed by atoms with Crippen LogP contribution >= 0.6 is 0 Å². The molecule has 0 atom stereocenters. The molecule has 0 bridgehead atoms. The number of hydrogen-bond donors (Lipinski definition) is 2. The second-order valence-electron chi connectivity index (χ2n) is 4.17. The molecule has 20 heavy (non-hydrogen) atoms. The number of benzene rings is 2. The minimum Gasteiger partial charge on any atom is -0.480 e. The summed E-state index contributed by atoms with van der Waals surface area (Å²) in [5, 5.41) is 8.59. The van der Waals surface area contributed by atoms with Gasteiger partial charge in [-0.3, -0.25) is 9.52 Å². The van der Waals surface area contributed by atoms with Crippen LogP contribution in [0.4, 0.5) is 5.69 Å². The van der Waals surface area contributed by atoms with Gasteiger partial charge in [-0.1, -0.05) is 48.5 Å². The summed E-state index contributed by atoms with van der Waals surface area (Å²) in [6.07, 6.45) is 0. The lowest BCUT2D eigenvalue weighted by Gasteiger charge is -2.11. The van der Waals surface area contributed by atoms with Gasteiger partial charge in [-0.05, 0) is 11.6 Å². The van der Waals surface area contributed by atoms with Crippen LogP contribution in [0, 0.1) is 0 Å². The molecule has 0 heterocycles. The van der Waals surface area contributed by atoms with Crippen molar-refractivity contribution >= 4 is 21.7 Å². The molecule has 0 aliphatic heterocycles. The summed E-state index contributed by atoms with van der Waals surface area (Å²) in [5.41, 5.74) is 1.91. The Morgan fingerprint density at radius 3 is 2.25 bits per heavy atom. The highest BCUT2D eigenvalue weighted by Crippen LogP contribution is 2.28. The lowest BCUT2D eigenvalue weighted by Crippen LogP contribution is -2.22. The third-order valence-electron chi connectivity index (χ3n) is 2.59. The van der Waals surface area contributed by atoms with E-state index in [9.17, 15) is 13.2 Å². The van der Waals surface area contributed by atoms with Gasteiger partial charge in [-0.25, -0.2) is 8.42 Å². The zero-order chi connectivity index (χ0) is 14.6. The van der Waals surface area contributed by atoms with E-state index in [-0.39, 0.29) is 0 Å². The maximum absolute atomic E-state index is 11.7. The van der Waals surface area contributed by atoms with Crippen LogP contribution in [0.1, 0.15) is 0 Å². The van der Waals surface area contributed by atoms with E-state index < -0.39 is 21.7 Å². The van der Waals surface area contributed by atoms with Gasteiger partial charge in [0.2, 0.25) is 10.0 Å². The number of anilines is 1. The van der Waals surface area contributed by atoms with Gasteiger partial charge in [0, 0.05) is 5.56 Å². The molecule has 104 valence electrons. The molecule has 2 N–H and O–H groups in total.